The maximum Gasteiger partial charge on any atom is 0.147 e. The summed E-state index contributed by atoms with van der Waals surface area (Å²) in [6, 6.07) is 0.949. The zero-order chi connectivity index (χ0) is 12.8. The van der Waals surface area contributed by atoms with Gasteiger partial charge in [-0.05, 0) is 13.3 Å². The van der Waals surface area contributed by atoms with Gasteiger partial charge in [0.2, 0.25) is 0 Å². The van der Waals surface area contributed by atoms with E-state index in [1.165, 1.54) is 0 Å². The Kier molecular flexibility index (Phi) is 5.35. The van der Waals surface area contributed by atoms with Crippen molar-refractivity contribution < 1.29 is 0 Å². The largest absolute Gasteiger partial charge is 0.356 e. The highest BCUT2D eigenvalue weighted by atomic mass is 15.2. The van der Waals surface area contributed by atoms with E-state index in [1.54, 1.807) is 0 Å². The number of rotatable bonds is 6. The molecular formula is C13H24N4. The van der Waals surface area contributed by atoms with Crippen LogP contribution in [0, 0.1) is 0 Å². The van der Waals surface area contributed by atoms with Crippen LogP contribution in [-0.4, -0.2) is 29.1 Å². The van der Waals surface area contributed by atoms with Crippen molar-refractivity contribution in [2.75, 3.05) is 11.9 Å². The summed E-state index contributed by atoms with van der Waals surface area (Å²) in [5, 5.41) is 3.35. The van der Waals surface area contributed by atoms with Crippen molar-refractivity contribution in [2.45, 2.75) is 52.7 Å². The predicted octanol–water partition coefficient (Wildman–Crippen LogP) is 2.21. The lowest BCUT2D eigenvalue weighted by Gasteiger charge is -2.24. The first-order valence-electron chi connectivity index (χ1n) is 6.31. The van der Waals surface area contributed by atoms with Crippen LogP contribution in [0.4, 0.5) is 5.82 Å². The van der Waals surface area contributed by atoms with Crippen LogP contribution in [0.1, 0.15) is 39.8 Å². The quantitative estimate of drug-likeness (QED) is 0.822. The topological polar surface area (TPSA) is 41.1 Å². The molecule has 1 heterocycles. The number of anilines is 1. The van der Waals surface area contributed by atoms with Crippen LogP contribution < -0.4 is 10.2 Å². The van der Waals surface area contributed by atoms with E-state index in [4.69, 9.17) is 0 Å². The molecule has 0 aromatic carbocycles. The fourth-order valence-corrected chi connectivity index (χ4v) is 1.46. The summed E-state index contributed by atoms with van der Waals surface area (Å²) in [5.41, 5.74) is 0.992. The Hall–Kier alpha value is -1.16. The van der Waals surface area contributed by atoms with Gasteiger partial charge in [-0.25, -0.2) is 4.98 Å². The molecule has 1 N–H and O–H groups in total. The number of hydrogen-bond donors (Lipinski definition) is 1. The highest BCUT2D eigenvalue weighted by Crippen LogP contribution is 2.12. The molecule has 1 unspecified atom stereocenters. The second-order valence-electron chi connectivity index (χ2n) is 4.77. The van der Waals surface area contributed by atoms with Crippen molar-refractivity contribution in [1.29, 1.82) is 0 Å². The molecule has 4 heteroatoms. The molecule has 0 aliphatic rings. The normalized spacial score (nSPS) is 12.8. The molecule has 17 heavy (non-hydrogen) atoms. The lowest BCUT2D eigenvalue weighted by Crippen LogP contribution is -2.29. The van der Waals surface area contributed by atoms with E-state index in [-0.39, 0.29) is 0 Å². The Morgan fingerprint density at radius 3 is 2.59 bits per heavy atom. The molecule has 0 aliphatic heterocycles. The van der Waals surface area contributed by atoms with Crippen molar-refractivity contribution in [3.05, 3.63) is 18.1 Å². The van der Waals surface area contributed by atoms with Crippen LogP contribution in [-0.2, 0) is 6.54 Å². The van der Waals surface area contributed by atoms with Crippen molar-refractivity contribution in [2.24, 2.45) is 0 Å². The molecule has 1 atom stereocenters. The number of aromatic nitrogens is 2. The second kappa shape index (κ2) is 6.55. The lowest BCUT2D eigenvalue weighted by molar-refractivity contribution is 0.578. The fraction of sp³-hybridized carbons (Fsp3) is 0.692. The van der Waals surface area contributed by atoms with Crippen molar-refractivity contribution in [3.63, 3.8) is 0 Å². The first-order chi connectivity index (χ1) is 8.04. The second-order valence-corrected chi connectivity index (χ2v) is 4.77. The van der Waals surface area contributed by atoms with Gasteiger partial charge in [-0.3, -0.25) is 4.98 Å². The molecular weight excluding hydrogens is 212 g/mol. The highest BCUT2D eigenvalue weighted by molar-refractivity contribution is 5.36. The molecule has 0 spiro atoms. The van der Waals surface area contributed by atoms with E-state index < -0.39 is 0 Å². The number of nitrogens with zero attached hydrogens (tertiary/aromatic N) is 3. The minimum absolute atomic E-state index is 0.466. The average molecular weight is 236 g/mol. The molecule has 1 rings (SSSR count). The van der Waals surface area contributed by atoms with Gasteiger partial charge in [-0.15, -0.1) is 0 Å². The molecule has 96 valence electrons. The highest BCUT2D eigenvalue weighted by Gasteiger charge is 2.10. The summed E-state index contributed by atoms with van der Waals surface area (Å²) >= 11 is 0. The zero-order valence-electron chi connectivity index (χ0n) is 11.6. The van der Waals surface area contributed by atoms with Gasteiger partial charge in [0.15, 0.2) is 0 Å². The Bertz CT molecular complexity index is 338. The van der Waals surface area contributed by atoms with Gasteiger partial charge >= 0.3 is 0 Å². The van der Waals surface area contributed by atoms with Gasteiger partial charge in [0, 0.05) is 31.9 Å². The fourth-order valence-electron chi connectivity index (χ4n) is 1.46. The molecule has 0 bridgehead atoms. The van der Waals surface area contributed by atoms with E-state index in [1.807, 2.05) is 12.4 Å². The molecule has 0 amide bonds. The summed E-state index contributed by atoms with van der Waals surface area (Å²) in [5.74, 6) is 0.947. The third kappa shape index (κ3) is 4.30. The minimum atomic E-state index is 0.466. The molecule has 1 aromatic heterocycles. The summed E-state index contributed by atoms with van der Waals surface area (Å²) in [7, 11) is 2.07. The lowest BCUT2D eigenvalue weighted by atomic mass is 10.2. The van der Waals surface area contributed by atoms with E-state index in [9.17, 15) is 0 Å². The van der Waals surface area contributed by atoms with E-state index in [0.717, 1.165) is 24.5 Å². The Balaban J connectivity index is 2.71. The molecule has 0 aliphatic carbocycles. The number of hydrogen-bond acceptors (Lipinski definition) is 4. The molecule has 1 aromatic rings. The number of nitrogens with one attached hydrogen (secondary N) is 1. The SMILES string of the molecule is CCC(C)N(C)c1cncc(CNC(C)C)n1. The summed E-state index contributed by atoms with van der Waals surface area (Å²) < 4.78 is 0. The first kappa shape index (κ1) is 13.9. The third-order valence-electron chi connectivity index (χ3n) is 2.98. The van der Waals surface area contributed by atoms with Crippen LogP contribution in [0.2, 0.25) is 0 Å². The van der Waals surface area contributed by atoms with Crippen molar-refractivity contribution >= 4 is 5.82 Å². The van der Waals surface area contributed by atoms with Crippen molar-refractivity contribution in [3.8, 4) is 0 Å². The molecule has 0 saturated carbocycles. The van der Waals surface area contributed by atoms with Crippen LogP contribution in [0.5, 0.6) is 0 Å². The van der Waals surface area contributed by atoms with Crippen molar-refractivity contribution in [1.82, 2.24) is 15.3 Å². The van der Waals surface area contributed by atoms with Crippen LogP contribution in [0.25, 0.3) is 0 Å². The van der Waals surface area contributed by atoms with E-state index in [2.05, 4.69) is 54.9 Å². The minimum Gasteiger partial charge on any atom is -0.356 e. The monoisotopic (exact) mass is 236 g/mol. The maximum absolute atomic E-state index is 4.61. The van der Waals surface area contributed by atoms with Gasteiger partial charge in [-0.2, -0.15) is 0 Å². The van der Waals surface area contributed by atoms with Crippen LogP contribution in [0.15, 0.2) is 12.4 Å². The van der Waals surface area contributed by atoms with Gasteiger partial charge in [0.1, 0.15) is 5.82 Å². The predicted molar refractivity (Wildman–Crippen MR) is 72.2 cm³/mol. The van der Waals surface area contributed by atoms with E-state index >= 15 is 0 Å². The standard InChI is InChI=1S/C13H24N4/c1-6-11(4)17(5)13-9-14-7-12(16-13)8-15-10(2)3/h7,9-11,15H,6,8H2,1-5H3. The molecule has 0 fully saturated rings. The van der Waals surface area contributed by atoms with Gasteiger partial charge in [0.05, 0.1) is 11.9 Å². The Morgan fingerprint density at radius 1 is 1.29 bits per heavy atom. The van der Waals surface area contributed by atoms with Gasteiger partial charge in [-0.1, -0.05) is 20.8 Å². The van der Waals surface area contributed by atoms with E-state index in [0.29, 0.717) is 12.1 Å². The smallest absolute Gasteiger partial charge is 0.147 e. The summed E-state index contributed by atoms with van der Waals surface area (Å²) in [6.07, 6.45) is 4.75. The maximum atomic E-state index is 4.61. The van der Waals surface area contributed by atoms with Gasteiger partial charge in [0.25, 0.3) is 0 Å². The van der Waals surface area contributed by atoms with Gasteiger partial charge < -0.3 is 10.2 Å². The average Bonchev–Trinajstić information content (AvgIpc) is 2.34. The summed E-state index contributed by atoms with van der Waals surface area (Å²) in [6.45, 7) is 9.40. The third-order valence-corrected chi connectivity index (χ3v) is 2.98. The van der Waals surface area contributed by atoms with Crippen LogP contribution >= 0.6 is 0 Å². The molecule has 0 radical (unpaired) electrons. The van der Waals surface area contributed by atoms with Crippen LogP contribution in [0.3, 0.4) is 0 Å². The Morgan fingerprint density at radius 2 is 2.00 bits per heavy atom. The molecule has 4 nitrogen and oxygen atoms in total. The molecule has 0 saturated heterocycles. The summed E-state index contributed by atoms with van der Waals surface area (Å²) in [4.78, 5) is 11.0. The Labute approximate surface area is 104 Å². The zero-order valence-corrected chi connectivity index (χ0v) is 11.6. The first-order valence-corrected chi connectivity index (χ1v) is 6.31.